The van der Waals surface area contributed by atoms with Gasteiger partial charge in [-0.3, -0.25) is 9.10 Å². The van der Waals surface area contributed by atoms with Crippen molar-refractivity contribution in [1.29, 1.82) is 0 Å². The number of sulfonamides is 1. The van der Waals surface area contributed by atoms with E-state index in [-0.39, 0.29) is 12.5 Å². The molecule has 0 bridgehead atoms. The molecule has 7 heteroatoms. The summed E-state index contributed by atoms with van der Waals surface area (Å²) >= 11 is 0. The zero-order valence-corrected chi connectivity index (χ0v) is 22.0. The molecule has 0 fully saturated rings. The second-order valence-corrected chi connectivity index (χ2v) is 10.7. The fraction of sp³-hybridized carbons (Fsp3) is 0.321. The molecular weight excluding hydrogens is 458 g/mol. The summed E-state index contributed by atoms with van der Waals surface area (Å²) in [6.45, 7) is 10.7. The summed E-state index contributed by atoms with van der Waals surface area (Å²) < 4.78 is 26.4. The van der Waals surface area contributed by atoms with E-state index in [1.165, 1.54) is 16.2 Å². The van der Waals surface area contributed by atoms with Crippen LogP contribution in [0.15, 0.2) is 66.7 Å². The van der Waals surface area contributed by atoms with Gasteiger partial charge in [0.2, 0.25) is 10.0 Å². The van der Waals surface area contributed by atoms with Gasteiger partial charge in [-0.25, -0.2) is 8.42 Å². The van der Waals surface area contributed by atoms with Crippen molar-refractivity contribution in [3.8, 4) is 0 Å². The molecule has 1 amide bonds. The minimum absolute atomic E-state index is 0.168. The first kappa shape index (κ1) is 26.3. The van der Waals surface area contributed by atoms with Gasteiger partial charge in [-0.15, -0.1) is 0 Å². The Kier molecular flexibility index (Phi) is 8.57. The summed E-state index contributed by atoms with van der Waals surface area (Å²) in [4.78, 5) is 14.9. The molecule has 3 rings (SSSR count). The molecule has 0 saturated carbocycles. The maximum atomic E-state index is 12.6. The van der Waals surface area contributed by atoms with Gasteiger partial charge in [0.15, 0.2) is 0 Å². The van der Waals surface area contributed by atoms with E-state index in [1.807, 2.05) is 44.2 Å². The number of benzene rings is 3. The van der Waals surface area contributed by atoms with Gasteiger partial charge in [-0.1, -0.05) is 30.3 Å². The Morgan fingerprint density at radius 3 is 1.86 bits per heavy atom. The largest absolute Gasteiger partial charge is 0.372 e. The van der Waals surface area contributed by atoms with Crippen LogP contribution in [0.25, 0.3) is 0 Å². The van der Waals surface area contributed by atoms with Crippen molar-refractivity contribution in [1.82, 2.24) is 5.32 Å². The molecule has 6 nitrogen and oxygen atoms in total. The molecule has 0 atom stereocenters. The highest BCUT2D eigenvalue weighted by Crippen LogP contribution is 2.24. The average Bonchev–Trinajstić information content (AvgIpc) is 2.81. The summed E-state index contributed by atoms with van der Waals surface area (Å²) in [5, 5.41) is 2.96. The van der Waals surface area contributed by atoms with Gasteiger partial charge >= 0.3 is 0 Å². The quantitative estimate of drug-likeness (QED) is 0.429. The van der Waals surface area contributed by atoms with Crippen LogP contribution in [-0.4, -0.2) is 33.7 Å². The minimum atomic E-state index is -3.48. The Morgan fingerprint density at radius 2 is 1.34 bits per heavy atom. The first-order valence-corrected chi connectivity index (χ1v) is 13.7. The predicted molar refractivity (Wildman–Crippen MR) is 145 cm³/mol. The monoisotopic (exact) mass is 493 g/mol. The van der Waals surface area contributed by atoms with Gasteiger partial charge in [0, 0.05) is 30.9 Å². The molecule has 0 aromatic heterocycles. The molecule has 0 radical (unpaired) electrons. The normalized spacial score (nSPS) is 11.2. The van der Waals surface area contributed by atoms with Gasteiger partial charge in [0.1, 0.15) is 0 Å². The third-order valence-corrected chi connectivity index (χ3v) is 7.10. The fourth-order valence-electron chi connectivity index (χ4n) is 4.12. The number of nitrogens with zero attached hydrogens (tertiary/aromatic N) is 2. The average molecular weight is 494 g/mol. The second kappa shape index (κ2) is 11.4. The van der Waals surface area contributed by atoms with Crippen molar-refractivity contribution in [2.45, 2.75) is 40.8 Å². The third kappa shape index (κ3) is 7.09. The fourth-order valence-corrected chi connectivity index (χ4v) is 4.99. The van der Waals surface area contributed by atoms with Crippen LogP contribution in [-0.2, 0) is 23.1 Å². The number of anilines is 2. The number of rotatable bonds is 10. The van der Waals surface area contributed by atoms with Gasteiger partial charge in [0.25, 0.3) is 5.91 Å². The lowest BCUT2D eigenvalue weighted by atomic mass is 10.1. The second-order valence-electron chi connectivity index (χ2n) is 8.83. The zero-order chi connectivity index (χ0) is 25.6. The lowest BCUT2D eigenvalue weighted by molar-refractivity contribution is 0.0951. The van der Waals surface area contributed by atoms with Gasteiger partial charge < -0.3 is 10.2 Å². The highest BCUT2D eigenvalue weighted by Gasteiger charge is 2.19. The molecule has 186 valence electrons. The standard InChI is InChI=1S/C28H35N3O3S/c1-6-30(7-2)26-14-10-23(11-15-26)19-29-28(32)25-12-8-24(9-13-25)20-31(35(5,33)34)27-17-21(3)16-22(4)18-27/h8-18H,6-7,19-20H2,1-5H3,(H,29,32). The number of hydrogen-bond acceptors (Lipinski definition) is 4. The van der Waals surface area contributed by atoms with Crippen LogP contribution >= 0.6 is 0 Å². The van der Waals surface area contributed by atoms with Gasteiger partial charge in [0.05, 0.1) is 18.5 Å². The van der Waals surface area contributed by atoms with Crippen LogP contribution in [0.5, 0.6) is 0 Å². The summed E-state index contributed by atoms with van der Waals surface area (Å²) in [5.41, 5.74) is 6.18. The SMILES string of the molecule is CCN(CC)c1ccc(CNC(=O)c2ccc(CN(c3cc(C)cc(C)c3)S(C)(=O)=O)cc2)cc1. The van der Waals surface area contributed by atoms with Crippen LogP contribution in [0.3, 0.4) is 0 Å². The van der Waals surface area contributed by atoms with E-state index in [0.29, 0.717) is 17.8 Å². The number of carbonyl (C=O) groups is 1. The highest BCUT2D eigenvalue weighted by molar-refractivity contribution is 7.92. The molecule has 3 aromatic rings. The lowest BCUT2D eigenvalue weighted by Crippen LogP contribution is -2.29. The Morgan fingerprint density at radius 1 is 0.800 bits per heavy atom. The topological polar surface area (TPSA) is 69.7 Å². The number of carbonyl (C=O) groups excluding carboxylic acids is 1. The van der Waals surface area contributed by atoms with Crippen LogP contribution in [0.4, 0.5) is 11.4 Å². The van der Waals surface area contributed by atoms with Crippen LogP contribution in [0.2, 0.25) is 0 Å². The molecule has 0 saturated heterocycles. The Labute approximate surface area is 209 Å². The molecular formula is C28H35N3O3S. The highest BCUT2D eigenvalue weighted by atomic mass is 32.2. The first-order chi connectivity index (χ1) is 16.6. The number of hydrogen-bond donors (Lipinski definition) is 1. The first-order valence-electron chi connectivity index (χ1n) is 11.9. The zero-order valence-electron chi connectivity index (χ0n) is 21.2. The Hall–Kier alpha value is -3.32. The summed E-state index contributed by atoms with van der Waals surface area (Å²) in [7, 11) is -3.48. The van der Waals surface area contributed by atoms with E-state index in [0.717, 1.165) is 35.3 Å². The molecule has 3 aromatic carbocycles. The van der Waals surface area contributed by atoms with Crippen LogP contribution in [0, 0.1) is 13.8 Å². The Balaban J connectivity index is 1.66. The summed E-state index contributed by atoms with van der Waals surface area (Å²) in [6, 6.07) is 21.0. The summed E-state index contributed by atoms with van der Waals surface area (Å²) in [5.74, 6) is -0.168. The van der Waals surface area contributed by atoms with Crippen molar-refractivity contribution < 1.29 is 13.2 Å². The minimum Gasteiger partial charge on any atom is -0.372 e. The van der Waals surface area contributed by atoms with Crippen molar-refractivity contribution in [2.24, 2.45) is 0 Å². The predicted octanol–water partition coefficient (Wildman–Crippen LogP) is 5.05. The maximum absolute atomic E-state index is 12.6. The number of nitrogens with one attached hydrogen (secondary N) is 1. The molecule has 0 heterocycles. The van der Waals surface area contributed by atoms with Gasteiger partial charge in [-0.2, -0.15) is 0 Å². The third-order valence-electron chi connectivity index (χ3n) is 5.96. The van der Waals surface area contributed by atoms with Crippen molar-refractivity contribution in [2.75, 3.05) is 28.6 Å². The molecule has 0 spiro atoms. The molecule has 0 aliphatic carbocycles. The van der Waals surface area contributed by atoms with E-state index in [4.69, 9.17) is 0 Å². The van der Waals surface area contributed by atoms with Crippen LogP contribution in [0.1, 0.15) is 46.5 Å². The lowest BCUT2D eigenvalue weighted by Gasteiger charge is -2.23. The van der Waals surface area contributed by atoms with E-state index < -0.39 is 10.0 Å². The van der Waals surface area contributed by atoms with Gasteiger partial charge in [-0.05, 0) is 86.3 Å². The molecule has 0 aliphatic rings. The van der Waals surface area contributed by atoms with E-state index >= 15 is 0 Å². The van der Waals surface area contributed by atoms with Crippen molar-refractivity contribution >= 4 is 27.3 Å². The van der Waals surface area contributed by atoms with E-state index in [9.17, 15) is 13.2 Å². The van der Waals surface area contributed by atoms with Crippen molar-refractivity contribution in [3.05, 3.63) is 94.5 Å². The summed E-state index contributed by atoms with van der Waals surface area (Å²) in [6.07, 6.45) is 1.21. The number of aryl methyl sites for hydroxylation is 2. The Bertz CT molecular complexity index is 1230. The smallest absolute Gasteiger partial charge is 0.251 e. The number of amides is 1. The molecule has 0 unspecified atom stereocenters. The maximum Gasteiger partial charge on any atom is 0.251 e. The van der Waals surface area contributed by atoms with E-state index in [1.54, 1.807) is 24.3 Å². The molecule has 0 aliphatic heterocycles. The van der Waals surface area contributed by atoms with Crippen LogP contribution < -0.4 is 14.5 Å². The molecule has 1 N–H and O–H groups in total. The van der Waals surface area contributed by atoms with Crippen molar-refractivity contribution in [3.63, 3.8) is 0 Å². The van der Waals surface area contributed by atoms with E-state index in [2.05, 4.69) is 36.2 Å². The molecule has 35 heavy (non-hydrogen) atoms.